The Morgan fingerprint density at radius 2 is 0.928 bits per heavy atom. The van der Waals surface area contributed by atoms with E-state index >= 15 is 0 Å². The van der Waals surface area contributed by atoms with Crippen LogP contribution in [0.4, 0.5) is 0 Å². The van der Waals surface area contributed by atoms with Gasteiger partial charge in [-0.2, -0.15) is 0 Å². The van der Waals surface area contributed by atoms with Crippen LogP contribution in [0, 0.1) is 0 Å². The Bertz CT molecular complexity index is 1650. The van der Waals surface area contributed by atoms with E-state index in [4.69, 9.17) is 53.1 Å². The number of ether oxygens (including phenoxy) is 10. The molecule has 0 radical (unpaired) electrons. The summed E-state index contributed by atoms with van der Waals surface area (Å²) in [5.74, 6) is -2.28. The highest BCUT2D eigenvalue weighted by atomic mass is 16.8. The van der Waals surface area contributed by atoms with E-state index in [9.17, 15) is 80.8 Å². The SMILES string of the molecule is CC(=O)N[C@H]1[C@H](O[C@H]2[C@H](O)[C@@H](NC(C)=O)[C@H](O[C@H]3[C@H](O)[C@@H](NC(C)=O)[C@H](OCC(O)CO)O[C@@H]3CO[C@@H]3O[C@@H](C)[C@@H](O)[C@@H](O)[C@@H]3O)O[C@@H]2CO)O[C@H](CO)[C@@H](O[C@@H]2O[C@H](CO)[C@@H](O)[C@H](O)[C@H]2N)[C@@H]1O. The van der Waals surface area contributed by atoms with Gasteiger partial charge in [-0.05, 0) is 6.92 Å². The van der Waals surface area contributed by atoms with Crippen LogP contribution in [0.5, 0.6) is 0 Å². The van der Waals surface area contributed by atoms with Gasteiger partial charge in [0, 0.05) is 20.8 Å². The summed E-state index contributed by atoms with van der Waals surface area (Å²) >= 11 is 0. The van der Waals surface area contributed by atoms with E-state index in [2.05, 4.69) is 16.0 Å². The Morgan fingerprint density at radius 3 is 1.38 bits per heavy atom. The molecule has 30 heteroatoms. The van der Waals surface area contributed by atoms with E-state index < -0.39 is 217 Å². The standard InChI is InChI=1S/C39H68N4O26/c1-11-24(52)30(58)31(59)39(62-11)61-10-19-34(27(55)21(41-12(2)48)36(66-19)60-9-15(51)5-44)69-38-23(43-14(4)50)29(57)33(18(8-47)65-38)68-37-22(42-13(3)49)28(56)32(17(7-46)64-37)67-35-20(40)26(54)25(53)16(6-45)63-35/h11,15-39,44-47,51-59H,5-10,40H2,1-4H3,(H,41,48)(H,42,49)(H,43,50)/t11-,15?,16+,17+,18+,19+,20+,21+,22+,23+,24+,25+,26+,27+,28+,29+,30+,31-,32+,33+,34+,35-,36+,37-,38-,39+/m0/s1. The second-order valence-electron chi connectivity index (χ2n) is 17.4. The molecule has 5 rings (SSSR count). The maximum absolute atomic E-state index is 12.7. The molecule has 400 valence electrons. The van der Waals surface area contributed by atoms with Crippen molar-refractivity contribution in [2.24, 2.45) is 5.73 Å². The number of rotatable bonds is 19. The summed E-state index contributed by atoms with van der Waals surface area (Å²) in [5.41, 5.74) is 6.03. The molecule has 0 spiro atoms. The normalized spacial score (nSPS) is 45.6. The van der Waals surface area contributed by atoms with Gasteiger partial charge >= 0.3 is 0 Å². The van der Waals surface area contributed by atoms with E-state index in [0.29, 0.717) is 0 Å². The average molecular weight is 1010 g/mol. The molecule has 0 aromatic carbocycles. The summed E-state index contributed by atoms with van der Waals surface area (Å²) in [4.78, 5) is 37.6. The molecule has 5 fully saturated rings. The molecular formula is C39H68N4O26. The number of nitrogens with one attached hydrogen (secondary N) is 3. The maximum atomic E-state index is 12.7. The average Bonchev–Trinajstić information content (AvgIpc) is 3.30. The highest BCUT2D eigenvalue weighted by Crippen LogP contribution is 2.35. The Balaban J connectivity index is 1.43. The molecule has 5 aliphatic rings. The maximum Gasteiger partial charge on any atom is 0.217 e. The van der Waals surface area contributed by atoms with Gasteiger partial charge in [-0.25, -0.2) is 0 Å². The quantitative estimate of drug-likeness (QED) is 0.0571. The van der Waals surface area contributed by atoms with Crippen LogP contribution in [0.3, 0.4) is 0 Å². The fraction of sp³-hybridized carbons (Fsp3) is 0.923. The Kier molecular flexibility index (Phi) is 21.1. The minimum absolute atomic E-state index is 0.586. The van der Waals surface area contributed by atoms with Gasteiger partial charge in [-0.3, -0.25) is 14.4 Å². The lowest BCUT2D eigenvalue weighted by molar-refractivity contribution is -0.365. The molecule has 1 unspecified atom stereocenters. The molecule has 18 N–H and O–H groups in total. The van der Waals surface area contributed by atoms with E-state index in [0.717, 1.165) is 20.8 Å². The molecule has 3 amide bonds. The van der Waals surface area contributed by atoms with Gasteiger partial charge in [0.2, 0.25) is 17.7 Å². The van der Waals surface area contributed by atoms with Gasteiger partial charge in [0.25, 0.3) is 0 Å². The minimum Gasteiger partial charge on any atom is -0.394 e. The van der Waals surface area contributed by atoms with E-state index in [1.54, 1.807) is 0 Å². The summed E-state index contributed by atoms with van der Waals surface area (Å²) in [6, 6.07) is -6.33. The van der Waals surface area contributed by atoms with Crippen molar-refractivity contribution in [3.8, 4) is 0 Å². The van der Waals surface area contributed by atoms with Crippen molar-refractivity contribution >= 4 is 17.7 Å². The predicted molar refractivity (Wildman–Crippen MR) is 219 cm³/mol. The molecule has 5 saturated heterocycles. The van der Waals surface area contributed by atoms with Crippen molar-refractivity contribution in [3.05, 3.63) is 0 Å². The lowest BCUT2D eigenvalue weighted by atomic mass is 9.93. The first-order chi connectivity index (χ1) is 32.6. The summed E-state index contributed by atoms with van der Waals surface area (Å²) < 4.78 is 58.7. The number of hydrogen-bond donors (Lipinski definition) is 17. The van der Waals surface area contributed by atoms with Crippen LogP contribution >= 0.6 is 0 Å². The predicted octanol–water partition coefficient (Wildman–Crippen LogP) is -11.1. The zero-order valence-electron chi connectivity index (χ0n) is 38.0. The molecule has 0 aromatic rings. The molecule has 0 aromatic heterocycles. The lowest BCUT2D eigenvalue weighted by Gasteiger charge is -2.51. The van der Waals surface area contributed by atoms with Gasteiger partial charge in [0.05, 0.1) is 51.8 Å². The van der Waals surface area contributed by atoms with Crippen LogP contribution in [0.25, 0.3) is 0 Å². The van der Waals surface area contributed by atoms with Gasteiger partial charge < -0.3 is 135 Å². The zero-order chi connectivity index (χ0) is 51.2. The number of aliphatic hydroxyl groups excluding tert-OH is 13. The lowest BCUT2D eigenvalue weighted by Crippen LogP contribution is -2.71. The van der Waals surface area contributed by atoms with E-state index in [1.807, 2.05) is 0 Å². The van der Waals surface area contributed by atoms with Crippen LogP contribution < -0.4 is 21.7 Å². The molecule has 5 aliphatic heterocycles. The second kappa shape index (κ2) is 25.4. The third-order valence-corrected chi connectivity index (χ3v) is 12.2. The number of carbonyl (C=O) groups excluding carboxylic acids is 3. The van der Waals surface area contributed by atoms with E-state index in [1.165, 1.54) is 6.92 Å². The molecular weight excluding hydrogens is 940 g/mol. The number of carbonyl (C=O) groups is 3. The number of hydrogen-bond acceptors (Lipinski definition) is 27. The van der Waals surface area contributed by atoms with Gasteiger partial charge in [-0.1, -0.05) is 0 Å². The highest BCUT2D eigenvalue weighted by molar-refractivity contribution is 5.74. The molecule has 0 saturated carbocycles. The number of amides is 3. The fourth-order valence-corrected chi connectivity index (χ4v) is 8.52. The highest BCUT2D eigenvalue weighted by Gasteiger charge is 2.56. The zero-order valence-corrected chi connectivity index (χ0v) is 38.0. The van der Waals surface area contributed by atoms with E-state index in [-0.39, 0.29) is 0 Å². The Morgan fingerprint density at radius 1 is 0.507 bits per heavy atom. The van der Waals surface area contributed by atoms with Crippen LogP contribution in [0.2, 0.25) is 0 Å². The van der Waals surface area contributed by atoms with Gasteiger partial charge in [0.1, 0.15) is 116 Å². The van der Waals surface area contributed by atoms with Crippen LogP contribution in [0.1, 0.15) is 27.7 Å². The van der Waals surface area contributed by atoms with Crippen LogP contribution in [-0.4, -0.2) is 283 Å². The largest absolute Gasteiger partial charge is 0.394 e. The fourth-order valence-electron chi connectivity index (χ4n) is 8.52. The number of nitrogens with two attached hydrogens (primary N) is 1. The van der Waals surface area contributed by atoms with Crippen molar-refractivity contribution in [2.75, 3.05) is 39.6 Å². The van der Waals surface area contributed by atoms with Crippen molar-refractivity contribution in [1.82, 2.24) is 16.0 Å². The van der Waals surface area contributed by atoms with Crippen molar-refractivity contribution in [1.29, 1.82) is 0 Å². The molecule has 26 atom stereocenters. The molecule has 69 heavy (non-hydrogen) atoms. The Hall–Kier alpha value is -2.55. The molecule has 0 bridgehead atoms. The second-order valence-corrected chi connectivity index (χ2v) is 17.4. The van der Waals surface area contributed by atoms with Crippen molar-refractivity contribution in [2.45, 2.75) is 187 Å². The third kappa shape index (κ3) is 13.5. The third-order valence-electron chi connectivity index (χ3n) is 12.2. The smallest absolute Gasteiger partial charge is 0.217 e. The van der Waals surface area contributed by atoms with Gasteiger partial charge in [-0.15, -0.1) is 0 Å². The monoisotopic (exact) mass is 1010 g/mol. The summed E-state index contributed by atoms with van der Waals surface area (Å²) in [5, 5.41) is 145. The first-order valence-electron chi connectivity index (χ1n) is 22.2. The first-order valence-corrected chi connectivity index (χ1v) is 22.2. The van der Waals surface area contributed by atoms with Crippen molar-refractivity contribution < 1.29 is 128 Å². The Labute approximate surface area is 394 Å². The number of aliphatic hydroxyl groups is 13. The van der Waals surface area contributed by atoms with Gasteiger partial charge in [0.15, 0.2) is 31.5 Å². The van der Waals surface area contributed by atoms with Crippen LogP contribution in [0.15, 0.2) is 0 Å². The molecule has 30 nitrogen and oxygen atoms in total. The molecule has 0 aliphatic carbocycles. The topological polar surface area (TPSA) is 469 Å². The summed E-state index contributed by atoms with van der Waals surface area (Å²) in [6.45, 7) is -0.131. The van der Waals surface area contributed by atoms with Crippen LogP contribution in [-0.2, 0) is 61.8 Å². The summed E-state index contributed by atoms with van der Waals surface area (Å²) in [7, 11) is 0. The first kappa shape index (κ1) is 57.4. The minimum atomic E-state index is -1.99. The molecule has 5 heterocycles. The summed E-state index contributed by atoms with van der Waals surface area (Å²) in [6.07, 6.45) is -36.5. The van der Waals surface area contributed by atoms with Crippen molar-refractivity contribution in [3.63, 3.8) is 0 Å².